The Balaban J connectivity index is 2.36. The van der Waals surface area contributed by atoms with Gasteiger partial charge in [-0.3, -0.25) is 0 Å². The number of hydrogen-bond acceptors (Lipinski definition) is 3. The molecule has 0 spiro atoms. The monoisotopic (exact) mass is 179 g/mol. The van der Waals surface area contributed by atoms with Gasteiger partial charge in [0.05, 0.1) is 12.3 Å². The van der Waals surface area contributed by atoms with E-state index in [1.807, 2.05) is 30.3 Å². The minimum absolute atomic E-state index is 0.0607. The van der Waals surface area contributed by atoms with Crippen LogP contribution in [0.3, 0.4) is 0 Å². The van der Waals surface area contributed by atoms with Gasteiger partial charge in [-0.25, -0.2) is 0 Å². The van der Waals surface area contributed by atoms with Crippen LogP contribution in [0.5, 0.6) is 0 Å². The van der Waals surface area contributed by atoms with Crippen molar-refractivity contribution in [2.45, 2.75) is 13.5 Å². The Morgan fingerprint density at radius 2 is 2.08 bits per heavy atom. The van der Waals surface area contributed by atoms with Gasteiger partial charge in [0.15, 0.2) is 0 Å². The average molecular weight is 179 g/mol. The fourth-order valence-electron chi connectivity index (χ4n) is 0.820. The van der Waals surface area contributed by atoms with E-state index in [0.29, 0.717) is 12.3 Å². The topological polar surface area (TPSA) is 41.8 Å². The smallest absolute Gasteiger partial charge is 0.142 e. The molecule has 13 heavy (non-hydrogen) atoms. The fraction of sp³-hybridized carbons (Fsp3) is 0.300. The third kappa shape index (κ3) is 3.71. The van der Waals surface area contributed by atoms with E-state index < -0.39 is 0 Å². The molecule has 0 aliphatic heterocycles. The molecule has 0 aliphatic rings. The number of oxime groups is 1. The van der Waals surface area contributed by atoms with Crippen molar-refractivity contribution in [2.75, 3.05) is 6.61 Å². The van der Waals surface area contributed by atoms with Crippen LogP contribution in [0, 0.1) is 0 Å². The lowest BCUT2D eigenvalue weighted by Crippen LogP contribution is -1.99. The first-order chi connectivity index (χ1) is 6.33. The van der Waals surface area contributed by atoms with E-state index in [0.717, 1.165) is 5.56 Å². The highest BCUT2D eigenvalue weighted by atomic mass is 16.6. The van der Waals surface area contributed by atoms with Crippen LogP contribution in [0.4, 0.5) is 0 Å². The molecule has 0 fully saturated rings. The van der Waals surface area contributed by atoms with Gasteiger partial charge in [-0.05, 0) is 12.5 Å². The molecular formula is C10H13NO2. The zero-order valence-corrected chi connectivity index (χ0v) is 7.60. The van der Waals surface area contributed by atoms with Gasteiger partial charge >= 0.3 is 0 Å². The lowest BCUT2D eigenvalue weighted by Gasteiger charge is -1.99. The largest absolute Gasteiger partial charge is 0.391 e. The number of aliphatic hydroxyl groups excluding tert-OH is 1. The summed E-state index contributed by atoms with van der Waals surface area (Å²) in [7, 11) is 0. The first-order valence-corrected chi connectivity index (χ1v) is 4.13. The molecular weight excluding hydrogens is 166 g/mol. The SMILES string of the molecule is C/C(CO)=N/OCc1ccccc1. The average Bonchev–Trinajstić information content (AvgIpc) is 2.19. The van der Waals surface area contributed by atoms with E-state index in [4.69, 9.17) is 9.94 Å². The Hall–Kier alpha value is -1.35. The highest BCUT2D eigenvalue weighted by molar-refractivity contribution is 5.82. The second-order valence-electron chi connectivity index (χ2n) is 2.74. The van der Waals surface area contributed by atoms with Gasteiger partial charge in [-0.2, -0.15) is 0 Å². The predicted molar refractivity (Wildman–Crippen MR) is 51.4 cm³/mol. The van der Waals surface area contributed by atoms with Crippen molar-refractivity contribution in [3.8, 4) is 0 Å². The summed E-state index contributed by atoms with van der Waals surface area (Å²) in [5.41, 5.74) is 1.65. The van der Waals surface area contributed by atoms with Crippen molar-refractivity contribution in [1.82, 2.24) is 0 Å². The van der Waals surface area contributed by atoms with E-state index in [9.17, 15) is 0 Å². The van der Waals surface area contributed by atoms with Gasteiger partial charge in [-0.1, -0.05) is 35.5 Å². The third-order valence-corrected chi connectivity index (χ3v) is 1.52. The zero-order chi connectivity index (χ0) is 9.52. The normalized spacial score (nSPS) is 11.4. The molecule has 0 amide bonds. The van der Waals surface area contributed by atoms with Crippen molar-refractivity contribution < 1.29 is 9.94 Å². The number of benzene rings is 1. The van der Waals surface area contributed by atoms with E-state index in [1.54, 1.807) is 6.92 Å². The molecule has 0 radical (unpaired) electrons. The summed E-state index contributed by atoms with van der Waals surface area (Å²) in [6, 6.07) is 9.77. The third-order valence-electron chi connectivity index (χ3n) is 1.52. The first kappa shape index (κ1) is 9.74. The van der Waals surface area contributed by atoms with Crippen molar-refractivity contribution in [2.24, 2.45) is 5.16 Å². The van der Waals surface area contributed by atoms with Gasteiger partial charge in [0.1, 0.15) is 6.61 Å². The van der Waals surface area contributed by atoms with Gasteiger partial charge < -0.3 is 9.94 Å². The van der Waals surface area contributed by atoms with E-state index in [1.165, 1.54) is 0 Å². The first-order valence-electron chi connectivity index (χ1n) is 4.13. The molecule has 0 aliphatic carbocycles. The Labute approximate surface area is 77.6 Å². The maximum Gasteiger partial charge on any atom is 0.142 e. The molecule has 1 aromatic carbocycles. The highest BCUT2D eigenvalue weighted by Gasteiger charge is 1.90. The molecule has 0 aromatic heterocycles. The molecule has 0 heterocycles. The molecule has 1 aromatic rings. The molecule has 0 saturated heterocycles. The summed E-state index contributed by atoms with van der Waals surface area (Å²) < 4.78 is 0. The van der Waals surface area contributed by atoms with Crippen LogP contribution in [0.25, 0.3) is 0 Å². The van der Waals surface area contributed by atoms with Gasteiger partial charge in [0.2, 0.25) is 0 Å². The van der Waals surface area contributed by atoms with Crippen LogP contribution in [-0.2, 0) is 11.4 Å². The fourth-order valence-corrected chi connectivity index (χ4v) is 0.820. The molecule has 70 valence electrons. The minimum atomic E-state index is -0.0607. The van der Waals surface area contributed by atoms with Crippen LogP contribution in [0.2, 0.25) is 0 Å². The van der Waals surface area contributed by atoms with E-state index >= 15 is 0 Å². The summed E-state index contributed by atoms with van der Waals surface area (Å²) in [5, 5.41) is 12.3. The maximum absolute atomic E-state index is 8.62. The highest BCUT2D eigenvalue weighted by Crippen LogP contribution is 2.00. The molecule has 3 nitrogen and oxygen atoms in total. The summed E-state index contributed by atoms with van der Waals surface area (Å²) in [5.74, 6) is 0. The summed E-state index contributed by atoms with van der Waals surface area (Å²) >= 11 is 0. The standard InChI is InChI=1S/C10H13NO2/c1-9(7-12)11-13-8-10-5-3-2-4-6-10/h2-6,12H,7-8H2,1H3/b11-9-. The summed E-state index contributed by atoms with van der Waals surface area (Å²) in [6.45, 7) is 2.10. The van der Waals surface area contributed by atoms with Crippen LogP contribution in [-0.4, -0.2) is 17.4 Å². The number of rotatable bonds is 4. The zero-order valence-electron chi connectivity index (χ0n) is 7.60. The number of hydrogen-bond donors (Lipinski definition) is 1. The molecule has 0 unspecified atom stereocenters. The van der Waals surface area contributed by atoms with Gasteiger partial charge in [0, 0.05) is 0 Å². The van der Waals surface area contributed by atoms with Crippen molar-refractivity contribution >= 4 is 5.71 Å². The summed E-state index contributed by atoms with van der Waals surface area (Å²) in [4.78, 5) is 5.00. The lowest BCUT2D eigenvalue weighted by atomic mass is 10.2. The number of nitrogens with zero attached hydrogens (tertiary/aromatic N) is 1. The van der Waals surface area contributed by atoms with Crippen LogP contribution < -0.4 is 0 Å². The quantitative estimate of drug-likeness (QED) is 0.563. The second kappa shape index (κ2) is 5.32. The molecule has 0 saturated carbocycles. The Kier molecular flexibility index (Phi) is 3.99. The summed E-state index contributed by atoms with van der Waals surface area (Å²) in [6.07, 6.45) is 0. The predicted octanol–water partition coefficient (Wildman–Crippen LogP) is 1.57. The van der Waals surface area contributed by atoms with Crippen LogP contribution in [0.1, 0.15) is 12.5 Å². The van der Waals surface area contributed by atoms with Gasteiger partial charge in [0.25, 0.3) is 0 Å². The Morgan fingerprint density at radius 1 is 1.38 bits per heavy atom. The maximum atomic E-state index is 8.62. The molecule has 3 heteroatoms. The Bertz CT molecular complexity index is 270. The van der Waals surface area contributed by atoms with Crippen molar-refractivity contribution in [3.05, 3.63) is 35.9 Å². The van der Waals surface area contributed by atoms with Crippen molar-refractivity contribution in [1.29, 1.82) is 0 Å². The van der Waals surface area contributed by atoms with Crippen molar-refractivity contribution in [3.63, 3.8) is 0 Å². The van der Waals surface area contributed by atoms with Crippen LogP contribution in [0.15, 0.2) is 35.5 Å². The molecule has 0 bridgehead atoms. The molecule has 1 rings (SSSR count). The molecule has 1 N–H and O–H groups in total. The van der Waals surface area contributed by atoms with E-state index in [2.05, 4.69) is 5.16 Å². The number of aliphatic hydroxyl groups is 1. The minimum Gasteiger partial charge on any atom is -0.391 e. The second-order valence-corrected chi connectivity index (χ2v) is 2.74. The lowest BCUT2D eigenvalue weighted by molar-refractivity contribution is 0.128. The van der Waals surface area contributed by atoms with Gasteiger partial charge in [-0.15, -0.1) is 0 Å². The Morgan fingerprint density at radius 3 is 2.69 bits per heavy atom. The van der Waals surface area contributed by atoms with E-state index in [-0.39, 0.29) is 6.61 Å². The molecule has 0 atom stereocenters. The van der Waals surface area contributed by atoms with Crippen LogP contribution >= 0.6 is 0 Å².